The van der Waals surface area contributed by atoms with E-state index in [9.17, 15) is 9.59 Å². The Hall–Kier alpha value is -4.67. The lowest BCUT2D eigenvalue weighted by atomic mass is 9.93. The molecular weight excluding hydrogens is 589 g/mol. The molecule has 0 saturated carbocycles. The van der Waals surface area contributed by atoms with E-state index in [4.69, 9.17) is 14.2 Å². The first-order chi connectivity index (χ1) is 21.8. The number of pyridine rings is 1. The van der Waals surface area contributed by atoms with Crippen LogP contribution in [0.2, 0.25) is 0 Å². The smallest absolute Gasteiger partial charge is 0.410 e. The van der Waals surface area contributed by atoms with Gasteiger partial charge in [-0.15, -0.1) is 0 Å². The Kier molecular flexibility index (Phi) is 7.90. The van der Waals surface area contributed by atoms with Crippen molar-refractivity contribution >= 4 is 22.8 Å². The van der Waals surface area contributed by atoms with E-state index in [-0.39, 0.29) is 29.6 Å². The molecule has 242 valence electrons. The van der Waals surface area contributed by atoms with Crippen molar-refractivity contribution in [2.75, 3.05) is 31.6 Å². The topological polar surface area (TPSA) is 99.0 Å². The van der Waals surface area contributed by atoms with Crippen molar-refractivity contribution in [2.24, 2.45) is 0 Å². The molecule has 0 radical (unpaired) electrons. The van der Waals surface area contributed by atoms with Gasteiger partial charge < -0.3 is 24.0 Å². The molecule has 4 heterocycles. The lowest BCUT2D eigenvalue weighted by molar-refractivity contribution is 0.0218. The molecule has 1 atom stereocenters. The molecule has 2 aromatic carbocycles. The zero-order chi connectivity index (χ0) is 33.1. The highest BCUT2D eigenvalue weighted by atomic mass is 19.1. The van der Waals surface area contributed by atoms with Gasteiger partial charge in [0, 0.05) is 48.4 Å². The predicted molar refractivity (Wildman–Crippen MR) is 175 cm³/mol. The number of rotatable bonds is 4. The Balaban J connectivity index is 1.61. The average molecular weight is 630 g/mol. The third kappa shape index (κ3) is 5.31. The van der Waals surface area contributed by atoms with Crippen LogP contribution in [0.3, 0.4) is 0 Å². The highest BCUT2D eigenvalue weighted by Crippen LogP contribution is 2.48. The zero-order valence-electron chi connectivity index (χ0n) is 27.6. The maximum atomic E-state index is 17.5. The van der Waals surface area contributed by atoms with Gasteiger partial charge in [0.25, 0.3) is 0 Å². The van der Waals surface area contributed by atoms with Crippen LogP contribution < -0.4 is 20.1 Å². The molecule has 1 amide bonds. The van der Waals surface area contributed by atoms with E-state index in [0.717, 1.165) is 11.1 Å². The van der Waals surface area contributed by atoms with Crippen molar-refractivity contribution in [3.8, 4) is 28.3 Å². The summed E-state index contributed by atoms with van der Waals surface area (Å²) in [5.74, 6) is 0.508. The number of aromatic nitrogens is 3. The Morgan fingerprint density at radius 3 is 2.59 bits per heavy atom. The van der Waals surface area contributed by atoms with Gasteiger partial charge in [0.2, 0.25) is 0 Å². The monoisotopic (exact) mass is 629 g/mol. The number of carbonyl (C=O) groups excluding carboxylic acids is 1. The van der Waals surface area contributed by atoms with Crippen molar-refractivity contribution in [1.82, 2.24) is 19.4 Å². The van der Waals surface area contributed by atoms with Gasteiger partial charge in [-0.2, -0.15) is 4.98 Å². The van der Waals surface area contributed by atoms with Gasteiger partial charge in [0.05, 0.1) is 29.6 Å². The van der Waals surface area contributed by atoms with E-state index in [1.54, 1.807) is 30.3 Å². The van der Waals surface area contributed by atoms with Gasteiger partial charge in [-0.1, -0.05) is 26.0 Å². The molecule has 0 aliphatic carbocycles. The molecule has 2 aliphatic rings. The zero-order valence-corrected chi connectivity index (χ0v) is 27.6. The van der Waals surface area contributed by atoms with Crippen LogP contribution in [0.4, 0.5) is 15.0 Å². The molecule has 11 heteroatoms. The molecule has 0 bridgehead atoms. The van der Waals surface area contributed by atoms with E-state index in [2.05, 4.69) is 9.97 Å². The maximum Gasteiger partial charge on any atom is 0.410 e. The van der Waals surface area contributed by atoms with Crippen LogP contribution in [-0.2, 0) is 11.3 Å². The number of piperazine rings is 1. The third-order valence-corrected chi connectivity index (χ3v) is 8.50. The molecule has 0 N–H and O–H groups in total. The number of hydrogen-bond donors (Lipinski definition) is 0. The first-order valence-electron chi connectivity index (χ1n) is 15.6. The van der Waals surface area contributed by atoms with E-state index in [1.165, 1.54) is 4.57 Å². The number of fused-ring (bicyclic) bond motifs is 4. The lowest BCUT2D eigenvalue weighted by Crippen LogP contribution is -2.55. The highest BCUT2D eigenvalue weighted by Gasteiger charge is 2.35. The van der Waals surface area contributed by atoms with Crippen LogP contribution in [-0.4, -0.2) is 63.9 Å². The Morgan fingerprint density at radius 1 is 1.15 bits per heavy atom. The standard InChI is InChI=1S/C35H40FN5O5/c1-19(2)29-30(20(3)12-13-37-29)41-31-23(16-25-27(28(31)36)26-22(18-45-25)10-9-11-24(26)44-8)32(38-33(41)42)40-15-14-39(17-21(40)4)34(43)46-35(5,6)7/h9-13,16,19,21H,14-15,17-18H2,1-8H3/t21-/m0/s1. The molecule has 0 spiro atoms. The molecular formula is C35H40FN5O5. The molecule has 4 aromatic rings. The summed E-state index contributed by atoms with van der Waals surface area (Å²) in [7, 11) is 1.55. The maximum absolute atomic E-state index is 17.5. The lowest BCUT2D eigenvalue weighted by Gasteiger charge is -2.41. The van der Waals surface area contributed by atoms with Crippen LogP contribution in [0.15, 0.2) is 41.3 Å². The number of nitrogens with zero attached hydrogens (tertiary/aromatic N) is 5. The quantitative estimate of drug-likeness (QED) is 0.257. The number of methoxy groups -OCH3 is 1. The summed E-state index contributed by atoms with van der Waals surface area (Å²) < 4.78 is 36.3. The van der Waals surface area contributed by atoms with Crippen molar-refractivity contribution < 1.29 is 23.4 Å². The van der Waals surface area contributed by atoms with Crippen molar-refractivity contribution in [1.29, 1.82) is 0 Å². The summed E-state index contributed by atoms with van der Waals surface area (Å²) >= 11 is 0. The van der Waals surface area contributed by atoms with E-state index < -0.39 is 23.2 Å². The minimum atomic E-state index is -0.628. The Bertz CT molecular complexity index is 1900. The van der Waals surface area contributed by atoms with Crippen molar-refractivity contribution in [2.45, 2.75) is 72.6 Å². The SMILES string of the molecule is COc1cccc2c1-c1c(cc3c(N4CCN(C(=O)OC(C)(C)C)C[C@@H]4C)nc(=O)n(-c4c(C)ccnc4C(C)C)c3c1F)OC2. The third-order valence-electron chi connectivity index (χ3n) is 8.50. The van der Waals surface area contributed by atoms with Gasteiger partial charge in [-0.05, 0) is 64.3 Å². The van der Waals surface area contributed by atoms with Gasteiger partial charge in [0.15, 0.2) is 5.82 Å². The largest absolute Gasteiger partial charge is 0.496 e. The van der Waals surface area contributed by atoms with Crippen LogP contribution in [0.5, 0.6) is 11.5 Å². The second kappa shape index (κ2) is 11.6. The van der Waals surface area contributed by atoms with Gasteiger partial charge in [-0.25, -0.2) is 14.0 Å². The molecule has 0 unspecified atom stereocenters. The van der Waals surface area contributed by atoms with Crippen LogP contribution in [0.25, 0.3) is 27.7 Å². The number of amides is 1. The second-order valence-corrected chi connectivity index (χ2v) is 13.3. The number of ether oxygens (including phenoxy) is 3. The second-order valence-electron chi connectivity index (χ2n) is 13.3. The Morgan fingerprint density at radius 2 is 1.91 bits per heavy atom. The van der Waals surface area contributed by atoms with Crippen LogP contribution >= 0.6 is 0 Å². The number of benzene rings is 2. The van der Waals surface area contributed by atoms with Crippen LogP contribution in [0.1, 0.15) is 64.3 Å². The van der Waals surface area contributed by atoms with Crippen molar-refractivity contribution in [3.63, 3.8) is 0 Å². The fourth-order valence-electron chi connectivity index (χ4n) is 6.43. The molecule has 1 saturated heterocycles. The number of aryl methyl sites for hydroxylation is 1. The molecule has 6 rings (SSSR count). The first-order valence-corrected chi connectivity index (χ1v) is 15.6. The summed E-state index contributed by atoms with van der Waals surface area (Å²) in [6, 6.07) is 8.84. The number of hydrogen-bond acceptors (Lipinski definition) is 8. The molecule has 2 aromatic heterocycles. The average Bonchev–Trinajstić information content (AvgIpc) is 3.00. The summed E-state index contributed by atoms with van der Waals surface area (Å²) in [6.45, 7) is 14.6. The van der Waals surface area contributed by atoms with Gasteiger partial charge >= 0.3 is 11.8 Å². The minimum absolute atomic E-state index is 0.0534. The van der Waals surface area contributed by atoms with Gasteiger partial charge in [0.1, 0.15) is 29.5 Å². The normalized spacial score (nSPS) is 16.3. The predicted octanol–water partition coefficient (Wildman–Crippen LogP) is 6.37. The number of carbonyl (C=O) groups is 1. The fraction of sp³-hybridized carbons (Fsp3) is 0.429. The van der Waals surface area contributed by atoms with E-state index in [1.807, 2.05) is 71.6 Å². The molecule has 46 heavy (non-hydrogen) atoms. The number of anilines is 1. The van der Waals surface area contributed by atoms with Crippen molar-refractivity contribution in [3.05, 3.63) is 69.7 Å². The van der Waals surface area contributed by atoms with E-state index >= 15 is 4.39 Å². The summed E-state index contributed by atoms with van der Waals surface area (Å²) in [6.07, 6.45) is 1.30. The Labute approximate surface area is 267 Å². The minimum Gasteiger partial charge on any atom is -0.496 e. The molecule has 1 fully saturated rings. The summed E-state index contributed by atoms with van der Waals surface area (Å²) in [5, 5.41) is 0.421. The van der Waals surface area contributed by atoms with Crippen LogP contribution in [0, 0.1) is 12.7 Å². The molecule has 10 nitrogen and oxygen atoms in total. The van der Waals surface area contributed by atoms with Gasteiger partial charge in [-0.3, -0.25) is 9.55 Å². The summed E-state index contributed by atoms with van der Waals surface area (Å²) in [4.78, 5) is 39.9. The first kappa shape index (κ1) is 31.3. The number of halogens is 1. The fourth-order valence-corrected chi connectivity index (χ4v) is 6.43. The summed E-state index contributed by atoms with van der Waals surface area (Å²) in [5.41, 5.74) is 2.35. The van der Waals surface area contributed by atoms with E-state index in [0.29, 0.717) is 59.3 Å². The molecule has 2 aliphatic heterocycles. The highest BCUT2D eigenvalue weighted by molar-refractivity contribution is 5.98.